The van der Waals surface area contributed by atoms with Crippen LogP contribution < -0.4 is 15.4 Å². The zero-order valence-electron chi connectivity index (χ0n) is 14.5. The number of aromatic nitrogens is 3. The monoisotopic (exact) mass is 377 g/mol. The molecule has 9 heteroatoms. The van der Waals surface area contributed by atoms with Crippen molar-refractivity contribution in [3.63, 3.8) is 0 Å². The number of imidazole rings is 1. The van der Waals surface area contributed by atoms with Gasteiger partial charge >= 0.3 is 0 Å². The molecule has 1 aromatic carbocycles. The molecule has 1 fully saturated rings. The van der Waals surface area contributed by atoms with Gasteiger partial charge in [-0.05, 0) is 25.5 Å². The van der Waals surface area contributed by atoms with Crippen molar-refractivity contribution in [2.24, 2.45) is 5.73 Å². The van der Waals surface area contributed by atoms with Crippen LogP contribution in [0.5, 0.6) is 5.75 Å². The van der Waals surface area contributed by atoms with Crippen molar-refractivity contribution < 1.29 is 14.2 Å². The van der Waals surface area contributed by atoms with Crippen LogP contribution in [0.1, 0.15) is 13.3 Å². The van der Waals surface area contributed by atoms with Crippen LogP contribution in [0.15, 0.2) is 24.4 Å². The summed E-state index contributed by atoms with van der Waals surface area (Å²) in [6.07, 6.45) is 2.28. The predicted molar refractivity (Wildman–Crippen MR) is 98.2 cm³/mol. The number of piperidine rings is 1. The average molecular weight is 377 g/mol. The maximum absolute atomic E-state index is 13.5. The minimum atomic E-state index is -0.861. The van der Waals surface area contributed by atoms with E-state index in [2.05, 4.69) is 15.0 Å². The second-order valence-electron chi connectivity index (χ2n) is 6.73. The first kappa shape index (κ1) is 17.2. The Morgan fingerprint density at radius 1 is 1.46 bits per heavy atom. The van der Waals surface area contributed by atoms with Crippen molar-refractivity contribution in [1.29, 1.82) is 0 Å². The van der Waals surface area contributed by atoms with E-state index in [1.807, 2.05) is 0 Å². The molecule has 0 bridgehead atoms. The Labute approximate surface area is 153 Å². The van der Waals surface area contributed by atoms with Gasteiger partial charge in [0.1, 0.15) is 11.6 Å². The van der Waals surface area contributed by atoms with E-state index >= 15 is 0 Å². The Morgan fingerprint density at radius 3 is 3.00 bits per heavy atom. The third-order valence-electron chi connectivity index (χ3n) is 4.89. The summed E-state index contributed by atoms with van der Waals surface area (Å²) in [5, 5.41) is 15.7. The van der Waals surface area contributed by atoms with Crippen molar-refractivity contribution >= 4 is 21.4 Å². The van der Waals surface area contributed by atoms with Crippen LogP contribution in [0.25, 0.3) is 16.2 Å². The van der Waals surface area contributed by atoms with Gasteiger partial charge in [0.25, 0.3) is 0 Å². The van der Waals surface area contributed by atoms with Crippen LogP contribution in [-0.2, 0) is 0 Å². The van der Waals surface area contributed by atoms with Crippen LogP contribution in [-0.4, -0.2) is 51.5 Å². The Bertz CT molecular complexity index is 954. The largest absolute Gasteiger partial charge is 0.496 e. The Balaban J connectivity index is 1.70. The summed E-state index contributed by atoms with van der Waals surface area (Å²) in [6, 6.07) is 4.04. The normalized spacial score (nSPS) is 23.6. The van der Waals surface area contributed by atoms with E-state index in [0.29, 0.717) is 25.3 Å². The van der Waals surface area contributed by atoms with Gasteiger partial charge in [0.2, 0.25) is 10.1 Å². The van der Waals surface area contributed by atoms with Crippen LogP contribution in [0.4, 0.5) is 9.52 Å². The Morgan fingerprint density at radius 2 is 2.27 bits per heavy atom. The standard InChI is InChI=1S/C17H20FN5O2S/c1-17(24)5-6-22(9-14(17)19)16-21-23-12(8-20-15(23)26-16)11-4-3-10(18)7-13(11)25-2/h3-4,7-8,14,24H,5-6,9,19H2,1-2H3. The summed E-state index contributed by atoms with van der Waals surface area (Å²) in [6.45, 7) is 2.97. The molecule has 0 amide bonds. The number of nitrogens with two attached hydrogens (primary N) is 1. The molecule has 7 nitrogen and oxygen atoms in total. The van der Waals surface area contributed by atoms with Gasteiger partial charge in [-0.15, -0.1) is 5.10 Å². The average Bonchev–Trinajstić information content (AvgIpc) is 3.18. The highest BCUT2D eigenvalue weighted by Gasteiger charge is 2.36. The maximum Gasteiger partial charge on any atom is 0.214 e. The fourth-order valence-electron chi connectivity index (χ4n) is 3.12. The highest BCUT2D eigenvalue weighted by Crippen LogP contribution is 2.34. The van der Waals surface area contributed by atoms with Crippen LogP contribution in [0.3, 0.4) is 0 Å². The Hall–Kier alpha value is -2.23. The molecular formula is C17H20FN5O2S. The zero-order valence-corrected chi connectivity index (χ0v) is 15.3. The van der Waals surface area contributed by atoms with Crippen molar-refractivity contribution in [3.8, 4) is 17.0 Å². The molecule has 3 heterocycles. The number of anilines is 1. The molecule has 0 radical (unpaired) electrons. The van der Waals surface area contributed by atoms with E-state index in [1.54, 1.807) is 23.7 Å². The third kappa shape index (κ3) is 2.81. The second-order valence-corrected chi connectivity index (χ2v) is 7.66. The molecule has 1 aliphatic rings. The van der Waals surface area contributed by atoms with Gasteiger partial charge in [0, 0.05) is 24.7 Å². The summed E-state index contributed by atoms with van der Waals surface area (Å²) in [5.41, 5.74) is 6.68. The number of rotatable bonds is 3. The first-order chi connectivity index (χ1) is 12.4. The molecule has 1 aliphatic heterocycles. The number of hydrogen-bond acceptors (Lipinski definition) is 7. The van der Waals surface area contributed by atoms with E-state index in [4.69, 9.17) is 10.5 Å². The maximum atomic E-state index is 13.5. The summed E-state index contributed by atoms with van der Waals surface area (Å²) < 4.78 is 20.5. The van der Waals surface area contributed by atoms with Crippen LogP contribution in [0.2, 0.25) is 0 Å². The molecule has 2 atom stereocenters. The number of methoxy groups -OCH3 is 1. The topological polar surface area (TPSA) is 88.9 Å². The number of benzene rings is 1. The molecule has 0 saturated carbocycles. The number of hydrogen-bond donors (Lipinski definition) is 2. The zero-order chi connectivity index (χ0) is 18.5. The summed E-state index contributed by atoms with van der Waals surface area (Å²) in [7, 11) is 1.50. The molecule has 2 aromatic heterocycles. The van der Waals surface area contributed by atoms with E-state index < -0.39 is 5.60 Å². The first-order valence-electron chi connectivity index (χ1n) is 8.30. The van der Waals surface area contributed by atoms with Crippen molar-refractivity contribution in [3.05, 3.63) is 30.2 Å². The van der Waals surface area contributed by atoms with E-state index in [1.165, 1.54) is 30.6 Å². The smallest absolute Gasteiger partial charge is 0.214 e. The van der Waals surface area contributed by atoms with Gasteiger partial charge in [-0.3, -0.25) is 0 Å². The van der Waals surface area contributed by atoms with Crippen LogP contribution >= 0.6 is 11.3 Å². The van der Waals surface area contributed by atoms with E-state index in [9.17, 15) is 9.50 Å². The molecule has 26 heavy (non-hydrogen) atoms. The van der Waals surface area contributed by atoms with Crippen molar-refractivity contribution in [2.45, 2.75) is 25.0 Å². The highest BCUT2D eigenvalue weighted by molar-refractivity contribution is 7.20. The first-order valence-corrected chi connectivity index (χ1v) is 9.12. The van der Waals surface area contributed by atoms with Gasteiger partial charge in [0.05, 0.1) is 30.6 Å². The van der Waals surface area contributed by atoms with Gasteiger partial charge < -0.3 is 20.5 Å². The van der Waals surface area contributed by atoms with Crippen LogP contribution in [0, 0.1) is 5.82 Å². The molecule has 0 aliphatic carbocycles. The lowest BCUT2D eigenvalue weighted by Crippen LogP contribution is -2.58. The second kappa shape index (κ2) is 6.19. The third-order valence-corrected chi connectivity index (χ3v) is 5.87. The van der Waals surface area contributed by atoms with E-state index in [-0.39, 0.29) is 11.9 Å². The molecule has 3 aromatic rings. The van der Waals surface area contributed by atoms with Gasteiger partial charge in [-0.25, -0.2) is 13.9 Å². The summed E-state index contributed by atoms with van der Waals surface area (Å²) >= 11 is 1.45. The molecule has 1 saturated heterocycles. The fourth-order valence-corrected chi connectivity index (χ4v) is 4.03. The van der Waals surface area contributed by atoms with Crippen molar-refractivity contribution in [2.75, 3.05) is 25.1 Å². The number of halogens is 1. The fraction of sp³-hybridized carbons (Fsp3) is 0.412. The summed E-state index contributed by atoms with van der Waals surface area (Å²) in [5.74, 6) is 0.0667. The number of nitrogens with zero attached hydrogens (tertiary/aromatic N) is 4. The number of ether oxygens (including phenoxy) is 1. The SMILES string of the molecule is COc1cc(F)ccc1-c1cnc2sc(N3CCC(C)(O)C(N)C3)nn12. The Kier molecular flexibility index (Phi) is 4.09. The molecule has 2 unspecified atom stereocenters. The minimum Gasteiger partial charge on any atom is -0.496 e. The molecule has 138 valence electrons. The van der Waals surface area contributed by atoms with Crippen molar-refractivity contribution in [1.82, 2.24) is 14.6 Å². The molecule has 4 rings (SSSR count). The lowest BCUT2D eigenvalue weighted by molar-refractivity contribution is 0.0168. The number of fused-ring (bicyclic) bond motifs is 1. The van der Waals surface area contributed by atoms with Gasteiger partial charge in [0.15, 0.2) is 0 Å². The van der Waals surface area contributed by atoms with E-state index in [0.717, 1.165) is 21.3 Å². The predicted octanol–water partition coefficient (Wildman–Crippen LogP) is 1.89. The van der Waals surface area contributed by atoms with Gasteiger partial charge in [-0.2, -0.15) is 0 Å². The minimum absolute atomic E-state index is 0.343. The van der Waals surface area contributed by atoms with Gasteiger partial charge in [-0.1, -0.05) is 11.3 Å². The molecule has 3 N–H and O–H groups in total. The highest BCUT2D eigenvalue weighted by atomic mass is 32.1. The molecule has 0 spiro atoms. The molecular weight excluding hydrogens is 357 g/mol. The lowest BCUT2D eigenvalue weighted by atomic mass is 9.89. The lowest BCUT2D eigenvalue weighted by Gasteiger charge is -2.40. The summed E-state index contributed by atoms with van der Waals surface area (Å²) in [4.78, 5) is 7.21. The number of aliphatic hydroxyl groups is 1. The quantitative estimate of drug-likeness (QED) is 0.725.